The molecule has 0 fully saturated rings. The maximum atomic E-state index is 12.7. The Balaban J connectivity index is 1.17. The van der Waals surface area contributed by atoms with Gasteiger partial charge in [-0.3, -0.25) is 4.79 Å². The van der Waals surface area contributed by atoms with Crippen molar-refractivity contribution in [2.75, 3.05) is 31.7 Å². The molecule has 52 heavy (non-hydrogen) atoms. The highest BCUT2D eigenvalue weighted by molar-refractivity contribution is 6.04. The van der Waals surface area contributed by atoms with E-state index in [0.29, 0.717) is 67.4 Å². The molecule has 4 aromatic rings. The third-order valence-electron chi connectivity index (χ3n) is 7.02. The van der Waals surface area contributed by atoms with Gasteiger partial charge in [0.2, 0.25) is 0 Å². The van der Waals surface area contributed by atoms with Crippen molar-refractivity contribution in [2.24, 2.45) is 0 Å². The highest BCUT2D eigenvalue weighted by atomic mass is 16.5. The summed E-state index contributed by atoms with van der Waals surface area (Å²) in [5, 5.41) is 2.78. The monoisotopic (exact) mass is 707 g/mol. The van der Waals surface area contributed by atoms with E-state index in [-0.39, 0.29) is 29.6 Å². The van der Waals surface area contributed by atoms with Gasteiger partial charge in [-0.15, -0.1) is 0 Å². The Kier molecular flexibility index (Phi) is 14.7. The van der Waals surface area contributed by atoms with Crippen molar-refractivity contribution in [3.63, 3.8) is 0 Å². The molecule has 0 saturated carbocycles. The van der Waals surface area contributed by atoms with Crippen molar-refractivity contribution < 1.29 is 52.4 Å². The van der Waals surface area contributed by atoms with Gasteiger partial charge in [0.15, 0.2) is 0 Å². The van der Waals surface area contributed by atoms with Gasteiger partial charge < -0.3 is 33.7 Å². The molecule has 0 aliphatic carbocycles. The minimum absolute atomic E-state index is 0.208. The normalized spacial score (nSPS) is 10.2. The van der Waals surface area contributed by atoms with Crippen LogP contribution in [0.3, 0.4) is 0 Å². The van der Waals surface area contributed by atoms with E-state index in [1.54, 1.807) is 60.7 Å². The fourth-order valence-electron chi connectivity index (χ4n) is 4.30. The molecule has 0 saturated heterocycles. The van der Waals surface area contributed by atoms with Crippen LogP contribution in [0.25, 0.3) is 0 Å². The predicted octanol–water partition coefficient (Wildman–Crippen LogP) is 6.76. The smallest absolute Gasteiger partial charge is 0.343 e. The molecular weight excluding hydrogens is 670 g/mol. The first-order valence-electron chi connectivity index (χ1n) is 16.2. The molecular formula is C40H37NO11. The van der Waals surface area contributed by atoms with Crippen LogP contribution in [0.2, 0.25) is 0 Å². The summed E-state index contributed by atoms with van der Waals surface area (Å²) in [5.74, 6) is -0.843. The number of carbonyl (C=O) groups excluding carboxylic acids is 5. The lowest BCUT2D eigenvalue weighted by molar-refractivity contribution is -0.138. The number of ether oxygens (including phenoxy) is 6. The molecule has 0 bridgehead atoms. The van der Waals surface area contributed by atoms with Crippen LogP contribution in [-0.2, 0) is 19.1 Å². The second-order valence-electron chi connectivity index (χ2n) is 10.8. The highest BCUT2D eigenvalue weighted by Gasteiger charge is 2.13. The maximum absolute atomic E-state index is 12.7. The van der Waals surface area contributed by atoms with Gasteiger partial charge in [-0.2, -0.15) is 0 Å². The van der Waals surface area contributed by atoms with E-state index in [0.717, 1.165) is 12.2 Å². The molecule has 0 unspecified atom stereocenters. The van der Waals surface area contributed by atoms with E-state index < -0.39 is 23.9 Å². The molecule has 0 heterocycles. The predicted molar refractivity (Wildman–Crippen MR) is 191 cm³/mol. The largest absolute Gasteiger partial charge is 0.494 e. The van der Waals surface area contributed by atoms with Crippen LogP contribution >= 0.6 is 0 Å². The maximum Gasteiger partial charge on any atom is 0.343 e. The number of esters is 4. The van der Waals surface area contributed by atoms with Gasteiger partial charge >= 0.3 is 23.9 Å². The Labute approximate surface area is 300 Å². The van der Waals surface area contributed by atoms with Gasteiger partial charge in [0, 0.05) is 29.8 Å². The molecule has 0 aliphatic heterocycles. The molecule has 0 aliphatic rings. The Morgan fingerprint density at radius 2 is 0.865 bits per heavy atom. The number of unbranched alkanes of at least 4 members (excludes halogenated alkanes) is 1. The lowest BCUT2D eigenvalue weighted by atomic mass is 10.1. The van der Waals surface area contributed by atoms with E-state index >= 15 is 0 Å². The molecule has 4 aromatic carbocycles. The van der Waals surface area contributed by atoms with Crippen LogP contribution in [-0.4, -0.2) is 56.2 Å². The number of anilines is 1. The fraction of sp³-hybridized carbons (Fsp3) is 0.175. The average Bonchev–Trinajstić information content (AvgIpc) is 3.17. The minimum atomic E-state index is -0.615. The number of benzene rings is 4. The molecule has 1 amide bonds. The number of hydrogen-bond acceptors (Lipinski definition) is 11. The van der Waals surface area contributed by atoms with Gasteiger partial charge in [-0.05, 0) is 110 Å². The number of nitrogens with one attached hydrogen (secondary N) is 1. The minimum Gasteiger partial charge on any atom is -0.494 e. The van der Waals surface area contributed by atoms with Crippen LogP contribution < -0.4 is 24.3 Å². The van der Waals surface area contributed by atoms with Crippen molar-refractivity contribution in [3.05, 3.63) is 139 Å². The van der Waals surface area contributed by atoms with Gasteiger partial charge in [-0.1, -0.05) is 13.2 Å². The van der Waals surface area contributed by atoms with Gasteiger partial charge in [0.05, 0.1) is 37.6 Å². The van der Waals surface area contributed by atoms with Crippen molar-refractivity contribution in [1.82, 2.24) is 0 Å². The Morgan fingerprint density at radius 3 is 1.35 bits per heavy atom. The summed E-state index contributed by atoms with van der Waals surface area (Å²) >= 11 is 0. The topological polar surface area (TPSA) is 153 Å². The molecule has 0 spiro atoms. The summed E-state index contributed by atoms with van der Waals surface area (Å²) in [6.07, 6.45) is 4.05. The van der Waals surface area contributed by atoms with Crippen LogP contribution in [0.4, 0.5) is 5.69 Å². The zero-order valence-corrected chi connectivity index (χ0v) is 28.2. The third kappa shape index (κ3) is 12.6. The summed E-state index contributed by atoms with van der Waals surface area (Å²) in [6, 6.07) is 25.3. The Bertz CT molecular complexity index is 1830. The molecule has 0 aromatic heterocycles. The number of carbonyl (C=O) groups is 5. The summed E-state index contributed by atoms with van der Waals surface area (Å²) in [5.41, 5.74) is 1.47. The average molecular weight is 708 g/mol. The molecule has 12 heteroatoms. The SMILES string of the molecule is C=CC(=O)OCCCCOc1ccc(C(=O)Nc2ccc(C(=O)Oc3ccc(OC(=O)c4ccc(OCCCOC(=O)C=C)cc4)cc3)cc2)cc1. The summed E-state index contributed by atoms with van der Waals surface area (Å²) in [7, 11) is 0. The van der Waals surface area contributed by atoms with E-state index in [4.69, 9.17) is 28.4 Å². The van der Waals surface area contributed by atoms with Crippen molar-refractivity contribution in [2.45, 2.75) is 19.3 Å². The molecule has 0 atom stereocenters. The van der Waals surface area contributed by atoms with Gasteiger partial charge in [0.1, 0.15) is 23.0 Å². The van der Waals surface area contributed by atoms with Crippen LogP contribution in [0.1, 0.15) is 50.3 Å². The Morgan fingerprint density at radius 1 is 0.481 bits per heavy atom. The van der Waals surface area contributed by atoms with E-state index in [2.05, 4.69) is 18.5 Å². The molecule has 0 radical (unpaired) electrons. The zero-order valence-electron chi connectivity index (χ0n) is 28.2. The lowest BCUT2D eigenvalue weighted by Crippen LogP contribution is -2.13. The van der Waals surface area contributed by atoms with E-state index in [1.165, 1.54) is 36.4 Å². The highest BCUT2D eigenvalue weighted by Crippen LogP contribution is 2.22. The first-order chi connectivity index (χ1) is 25.2. The summed E-state index contributed by atoms with van der Waals surface area (Å²) < 4.78 is 31.9. The second-order valence-corrected chi connectivity index (χ2v) is 10.8. The summed E-state index contributed by atoms with van der Waals surface area (Å²) in [6.45, 7) is 7.93. The van der Waals surface area contributed by atoms with Crippen LogP contribution in [0.15, 0.2) is 122 Å². The van der Waals surface area contributed by atoms with Crippen molar-refractivity contribution in [1.29, 1.82) is 0 Å². The van der Waals surface area contributed by atoms with Crippen LogP contribution in [0.5, 0.6) is 23.0 Å². The molecule has 12 nitrogen and oxygen atoms in total. The Hall–Kier alpha value is -6.69. The van der Waals surface area contributed by atoms with Crippen LogP contribution in [0, 0.1) is 0 Å². The zero-order chi connectivity index (χ0) is 37.1. The van der Waals surface area contributed by atoms with E-state index in [1.807, 2.05) is 0 Å². The molecule has 4 rings (SSSR count). The first kappa shape index (κ1) is 38.1. The fourth-order valence-corrected chi connectivity index (χ4v) is 4.30. The quantitative estimate of drug-likeness (QED) is 0.0476. The second kappa shape index (κ2) is 20.1. The third-order valence-corrected chi connectivity index (χ3v) is 7.02. The molecule has 1 N–H and O–H groups in total. The van der Waals surface area contributed by atoms with Gasteiger partial charge in [-0.25, -0.2) is 19.2 Å². The number of rotatable bonds is 19. The lowest BCUT2D eigenvalue weighted by Gasteiger charge is -2.09. The number of hydrogen-bond donors (Lipinski definition) is 1. The summed E-state index contributed by atoms with van der Waals surface area (Å²) in [4.78, 5) is 60.1. The van der Waals surface area contributed by atoms with Gasteiger partial charge in [0.25, 0.3) is 5.91 Å². The first-order valence-corrected chi connectivity index (χ1v) is 16.2. The van der Waals surface area contributed by atoms with Crippen molar-refractivity contribution >= 4 is 35.5 Å². The van der Waals surface area contributed by atoms with Crippen molar-refractivity contribution in [3.8, 4) is 23.0 Å². The molecule has 268 valence electrons. The van der Waals surface area contributed by atoms with E-state index in [9.17, 15) is 24.0 Å². The standard InChI is InChI=1S/C40H37NO11/c1-3-36(42)49-25-6-5-24-47-32-16-10-28(11-17-32)38(44)41-31-14-8-29(9-15-31)39(45)51-34-20-22-35(23-21-34)52-40(46)30-12-18-33(19-13-30)48-26-7-27-50-37(43)4-2/h3-4,8-23H,1-2,5-7,24-27H2,(H,41,44). The number of amides is 1.